The Kier molecular flexibility index (Phi) is 4.32. The van der Waals surface area contributed by atoms with Gasteiger partial charge in [0.05, 0.1) is 18.9 Å². The fraction of sp³-hybridized carbons (Fsp3) is 0.412. The average Bonchev–Trinajstić information content (AvgIpc) is 3.01. The Morgan fingerprint density at radius 1 is 1.43 bits per heavy atom. The summed E-state index contributed by atoms with van der Waals surface area (Å²) in [5.74, 6) is 0.0470. The first-order valence-electron chi connectivity index (χ1n) is 7.70. The van der Waals surface area contributed by atoms with E-state index < -0.39 is 5.82 Å². The van der Waals surface area contributed by atoms with Crippen LogP contribution in [0.4, 0.5) is 4.39 Å². The molecule has 1 fully saturated rings. The van der Waals surface area contributed by atoms with Crippen molar-refractivity contribution >= 4 is 5.91 Å². The molecule has 1 aliphatic heterocycles. The van der Waals surface area contributed by atoms with Gasteiger partial charge in [0, 0.05) is 32.3 Å². The van der Waals surface area contributed by atoms with Crippen LogP contribution < -0.4 is 4.74 Å². The molecule has 2 heterocycles. The van der Waals surface area contributed by atoms with Crippen LogP contribution in [0.2, 0.25) is 0 Å². The van der Waals surface area contributed by atoms with Crippen LogP contribution in [-0.4, -0.2) is 40.8 Å². The molecule has 1 aromatic carbocycles. The highest BCUT2D eigenvalue weighted by molar-refractivity contribution is 5.97. The Balaban J connectivity index is 1.81. The van der Waals surface area contributed by atoms with E-state index in [1.807, 2.05) is 19.4 Å². The molecule has 1 saturated heterocycles. The maximum Gasteiger partial charge on any atom is 0.257 e. The number of rotatable bonds is 3. The number of ether oxygens (including phenoxy) is 1. The molecule has 1 unspecified atom stereocenters. The third-order valence-corrected chi connectivity index (χ3v) is 4.30. The highest BCUT2D eigenvalue weighted by atomic mass is 19.1. The number of likely N-dealkylation sites (tertiary alicyclic amines) is 1. The van der Waals surface area contributed by atoms with Crippen LogP contribution in [0, 0.1) is 5.82 Å². The normalized spacial score (nSPS) is 18.0. The number of halogens is 1. The number of aromatic nitrogens is 2. The van der Waals surface area contributed by atoms with Gasteiger partial charge in [-0.1, -0.05) is 0 Å². The molecule has 0 saturated carbocycles. The lowest BCUT2D eigenvalue weighted by Crippen LogP contribution is -2.39. The molecule has 0 bridgehead atoms. The SMILES string of the molecule is COc1ccc(F)cc1C(=O)N1CCCC(c2cnn(C)c2)C1. The van der Waals surface area contributed by atoms with E-state index in [1.165, 1.54) is 25.3 Å². The second-order valence-electron chi connectivity index (χ2n) is 5.88. The van der Waals surface area contributed by atoms with Crippen LogP contribution in [0.3, 0.4) is 0 Å². The molecule has 1 amide bonds. The van der Waals surface area contributed by atoms with Gasteiger partial charge in [0.15, 0.2) is 0 Å². The zero-order valence-electron chi connectivity index (χ0n) is 13.3. The van der Waals surface area contributed by atoms with Crippen LogP contribution in [0.5, 0.6) is 5.75 Å². The maximum atomic E-state index is 13.5. The van der Waals surface area contributed by atoms with Gasteiger partial charge in [-0.15, -0.1) is 0 Å². The summed E-state index contributed by atoms with van der Waals surface area (Å²) in [4.78, 5) is 14.5. The van der Waals surface area contributed by atoms with E-state index in [4.69, 9.17) is 4.74 Å². The number of amides is 1. The molecule has 1 atom stereocenters. The topological polar surface area (TPSA) is 47.4 Å². The Hall–Kier alpha value is -2.37. The molecule has 1 aromatic heterocycles. The van der Waals surface area contributed by atoms with Crippen LogP contribution in [0.15, 0.2) is 30.6 Å². The summed E-state index contributed by atoms with van der Waals surface area (Å²) in [5, 5.41) is 4.20. The van der Waals surface area contributed by atoms with Gasteiger partial charge in [0.1, 0.15) is 11.6 Å². The number of piperidine rings is 1. The fourth-order valence-corrected chi connectivity index (χ4v) is 3.10. The molecule has 0 radical (unpaired) electrons. The molecule has 122 valence electrons. The van der Waals surface area contributed by atoms with E-state index in [0.29, 0.717) is 18.8 Å². The van der Waals surface area contributed by atoms with E-state index in [2.05, 4.69) is 5.10 Å². The summed E-state index contributed by atoms with van der Waals surface area (Å²) in [6.45, 7) is 1.29. The van der Waals surface area contributed by atoms with Crippen LogP contribution in [-0.2, 0) is 7.05 Å². The summed E-state index contributed by atoms with van der Waals surface area (Å²) in [6, 6.07) is 4.03. The molecular weight excluding hydrogens is 297 g/mol. The fourth-order valence-electron chi connectivity index (χ4n) is 3.10. The highest BCUT2D eigenvalue weighted by Crippen LogP contribution is 2.29. The van der Waals surface area contributed by atoms with Crippen molar-refractivity contribution in [3.63, 3.8) is 0 Å². The van der Waals surface area contributed by atoms with Crippen molar-refractivity contribution in [3.05, 3.63) is 47.5 Å². The zero-order chi connectivity index (χ0) is 16.4. The molecule has 23 heavy (non-hydrogen) atoms. The first-order chi connectivity index (χ1) is 11.1. The lowest BCUT2D eigenvalue weighted by molar-refractivity contribution is 0.0703. The summed E-state index contributed by atoms with van der Waals surface area (Å²) in [6.07, 6.45) is 5.78. The summed E-state index contributed by atoms with van der Waals surface area (Å²) >= 11 is 0. The van der Waals surface area contributed by atoms with Crippen LogP contribution in [0.1, 0.15) is 34.7 Å². The van der Waals surface area contributed by atoms with Gasteiger partial charge in [0.2, 0.25) is 0 Å². The van der Waals surface area contributed by atoms with Gasteiger partial charge in [-0.05, 0) is 36.6 Å². The predicted octanol–water partition coefficient (Wildman–Crippen LogP) is 2.59. The number of carbonyl (C=O) groups is 1. The first-order valence-corrected chi connectivity index (χ1v) is 7.70. The standard InChI is InChI=1S/C17H20FN3O2/c1-20-10-13(9-19-20)12-4-3-7-21(11-12)17(22)15-8-14(18)5-6-16(15)23-2/h5-6,8-10,12H,3-4,7,11H2,1-2H3. The monoisotopic (exact) mass is 317 g/mol. The minimum Gasteiger partial charge on any atom is -0.496 e. The quantitative estimate of drug-likeness (QED) is 0.874. The highest BCUT2D eigenvalue weighted by Gasteiger charge is 2.27. The largest absolute Gasteiger partial charge is 0.496 e. The Morgan fingerprint density at radius 3 is 2.96 bits per heavy atom. The van der Waals surface area contributed by atoms with E-state index in [1.54, 1.807) is 9.58 Å². The maximum absolute atomic E-state index is 13.5. The molecule has 2 aromatic rings. The Morgan fingerprint density at radius 2 is 2.26 bits per heavy atom. The minimum absolute atomic E-state index is 0.185. The number of hydrogen-bond donors (Lipinski definition) is 0. The van der Waals surface area contributed by atoms with Gasteiger partial charge < -0.3 is 9.64 Å². The van der Waals surface area contributed by atoms with Gasteiger partial charge in [-0.25, -0.2) is 4.39 Å². The number of nitrogens with zero attached hydrogens (tertiary/aromatic N) is 3. The smallest absolute Gasteiger partial charge is 0.257 e. The van der Waals surface area contributed by atoms with Crippen molar-refractivity contribution in [2.24, 2.45) is 7.05 Å². The van der Waals surface area contributed by atoms with Crippen molar-refractivity contribution < 1.29 is 13.9 Å². The van der Waals surface area contributed by atoms with Crippen LogP contribution in [0.25, 0.3) is 0 Å². The van der Waals surface area contributed by atoms with E-state index >= 15 is 0 Å². The van der Waals surface area contributed by atoms with Crippen molar-refractivity contribution in [2.75, 3.05) is 20.2 Å². The van der Waals surface area contributed by atoms with E-state index in [9.17, 15) is 9.18 Å². The van der Waals surface area contributed by atoms with Gasteiger partial charge in [0.25, 0.3) is 5.91 Å². The number of carbonyl (C=O) groups excluding carboxylic acids is 1. The molecule has 6 heteroatoms. The van der Waals surface area contributed by atoms with E-state index in [-0.39, 0.29) is 17.4 Å². The molecule has 1 aliphatic rings. The molecular formula is C17H20FN3O2. The average molecular weight is 317 g/mol. The number of aryl methyl sites for hydroxylation is 1. The number of hydrogen-bond acceptors (Lipinski definition) is 3. The van der Waals surface area contributed by atoms with Crippen molar-refractivity contribution in [2.45, 2.75) is 18.8 Å². The lowest BCUT2D eigenvalue weighted by atomic mass is 9.92. The number of benzene rings is 1. The summed E-state index contributed by atoms with van der Waals surface area (Å²) in [7, 11) is 3.37. The zero-order valence-corrected chi connectivity index (χ0v) is 13.3. The van der Waals surface area contributed by atoms with Gasteiger partial charge in [-0.3, -0.25) is 9.48 Å². The van der Waals surface area contributed by atoms with Gasteiger partial charge in [-0.2, -0.15) is 5.10 Å². The molecule has 3 rings (SSSR count). The predicted molar refractivity (Wildman–Crippen MR) is 84.0 cm³/mol. The third kappa shape index (κ3) is 3.21. The first kappa shape index (κ1) is 15.5. The third-order valence-electron chi connectivity index (χ3n) is 4.30. The second-order valence-corrected chi connectivity index (χ2v) is 5.88. The molecule has 0 spiro atoms. The van der Waals surface area contributed by atoms with Crippen molar-refractivity contribution in [3.8, 4) is 5.75 Å². The Bertz CT molecular complexity index is 714. The molecule has 0 aliphatic carbocycles. The summed E-state index contributed by atoms with van der Waals surface area (Å²) < 4.78 is 20.5. The van der Waals surface area contributed by atoms with Crippen molar-refractivity contribution in [1.29, 1.82) is 0 Å². The minimum atomic E-state index is -0.435. The summed E-state index contributed by atoms with van der Waals surface area (Å²) in [5.41, 5.74) is 1.41. The second kappa shape index (κ2) is 6.40. The van der Waals surface area contributed by atoms with Crippen LogP contribution >= 0.6 is 0 Å². The molecule has 0 N–H and O–H groups in total. The molecule has 5 nitrogen and oxygen atoms in total. The van der Waals surface area contributed by atoms with Gasteiger partial charge >= 0.3 is 0 Å². The van der Waals surface area contributed by atoms with Crippen molar-refractivity contribution in [1.82, 2.24) is 14.7 Å². The number of methoxy groups -OCH3 is 1. The Labute approximate surface area is 134 Å². The van der Waals surface area contributed by atoms with E-state index in [0.717, 1.165) is 18.4 Å². The lowest BCUT2D eigenvalue weighted by Gasteiger charge is -2.32.